The number of halogens is 1. The van der Waals surface area contributed by atoms with Gasteiger partial charge in [0.05, 0.1) is 17.1 Å². The van der Waals surface area contributed by atoms with E-state index in [0.29, 0.717) is 16.4 Å². The first-order chi connectivity index (χ1) is 13.6. The van der Waals surface area contributed by atoms with Gasteiger partial charge < -0.3 is 21.2 Å². The van der Waals surface area contributed by atoms with Crippen LogP contribution < -0.4 is 16.4 Å². The van der Waals surface area contributed by atoms with E-state index in [-0.39, 0.29) is 30.2 Å². The molecule has 0 heterocycles. The molecule has 4 N–H and O–H groups in total. The Labute approximate surface area is 175 Å². The number of hydrogen-bond donors (Lipinski definition) is 3. The van der Waals surface area contributed by atoms with Crippen molar-refractivity contribution >= 4 is 40.6 Å². The molecule has 29 heavy (non-hydrogen) atoms. The molecule has 0 fully saturated rings. The van der Waals surface area contributed by atoms with Crippen LogP contribution in [0.4, 0.5) is 11.4 Å². The maximum absolute atomic E-state index is 11.9. The zero-order valence-electron chi connectivity index (χ0n) is 16.7. The number of rotatable bonds is 7. The van der Waals surface area contributed by atoms with E-state index in [1.807, 2.05) is 24.3 Å². The third kappa shape index (κ3) is 7.46. The third-order valence-corrected chi connectivity index (χ3v) is 4.23. The van der Waals surface area contributed by atoms with Gasteiger partial charge in [0.2, 0.25) is 5.91 Å². The van der Waals surface area contributed by atoms with Crippen molar-refractivity contribution in [1.29, 1.82) is 0 Å². The van der Waals surface area contributed by atoms with Crippen molar-refractivity contribution in [3.8, 4) is 0 Å². The number of carbonyl (C=O) groups excluding carboxylic acids is 2. The number of amides is 2. The highest BCUT2D eigenvalue weighted by Gasteiger charge is 2.13. The molecule has 2 amide bonds. The van der Waals surface area contributed by atoms with Gasteiger partial charge in [-0.1, -0.05) is 61.8 Å². The zero-order valence-corrected chi connectivity index (χ0v) is 17.4. The van der Waals surface area contributed by atoms with E-state index in [2.05, 4.69) is 36.6 Å². The number of hydrogen-bond acceptors (Lipinski definition) is 4. The number of anilines is 2. The molecule has 0 spiro atoms. The molecule has 0 aliphatic carbocycles. The molecule has 0 saturated carbocycles. The van der Waals surface area contributed by atoms with Gasteiger partial charge in [-0.05, 0) is 35.2 Å². The predicted molar refractivity (Wildman–Crippen MR) is 116 cm³/mol. The van der Waals surface area contributed by atoms with E-state index in [9.17, 15) is 9.59 Å². The summed E-state index contributed by atoms with van der Waals surface area (Å²) in [6.45, 7) is 6.02. The molecule has 0 aromatic heterocycles. The van der Waals surface area contributed by atoms with Crippen LogP contribution in [0.5, 0.6) is 0 Å². The van der Waals surface area contributed by atoms with Crippen LogP contribution in [-0.2, 0) is 19.8 Å². The highest BCUT2D eigenvalue weighted by atomic mass is 35.5. The van der Waals surface area contributed by atoms with E-state index in [0.717, 1.165) is 0 Å². The lowest BCUT2D eigenvalue weighted by Gasteiger charge is -2.19. The van der Waals surface area contributed by atoms with Crippen molar-refractivity contribution in [3.63, 3.8) is 0 Å². The standard InChI is InChI=1S/C21H25ClN4O3/c1-21(2,3)14-8-10-15(11-9-14)24-20(28)13-29-26-18(23)12-19(27)25-17-7-5-4-6-16(17)22/h4-11H,12-13H2,1-3H3,(H2,23,26)(H,24,28)(H,25,27). The number of nitrogens with one attached hydrogen (secondary N) is 2. The summed E-state index contributed by atoms with van der Waals surface area (Å²) in [6.07, 6.45) is -0.193. The molecule has 8 heteroatoms. The van der Waals surface area contributed by atoms with Crippen molar-refractivity contribution < 1.29 is 14.4 Å². The summed E-state index contributed by atoms with van der Waals surface area (Å²) in [5, 5.41) is 9.34. The summed E-state index contributed by atoms with van der Waals surface area (Å²) in [6, 6.07) is 14.4. The maximum Gasteiger partial charge on any atom is 0.265 e. The summed E-state index contributed by atoms with van der Waals surface area (Å²) in [4.78, 5) is 28.8. The lowest BCUT2D eigenvalue weighted by molar-refractivity contribution is -0.120. The first-order valence-electron chi connectivity index (χ1n) is 9.04. The number of oxime groups is 1. The summed E-state index contributed by atoms with van der Waals surface area (Å²) in [5.41, 5.74) is 8.00. The lowest BCUT2D eigenvalue weighted by Crippen LogP contribution is -2.23. The van der Waals surface area contributed by atoms with Crippen LogP contribution >= 0.6 is 11.6 Å². The topological polar surface area (TPSA) is 106 Å². The van der Waals surface area contributed by atoms with Crippen molar-refractivity contribution in [3.05, 3.63) is 59.1 Å². The van der Waals surface area contributed by atoms with E-state index < -0.39 is 5.91 Å². The van der Waals surface area contributed by atoms with E-state index in [1.54, 1.807) is 24.3 Å². The number of carbonyl (C=O) groups is 2. The van der Waals surface area contributed by atoms with Crippen LogP contribution in [0.25, 0.3) is 0 Å². The Kier molecular flexibility index (Phi) is 7.61. The molecule has 0 aliphatic heterocycles. The molecule has 2 rings (SSSR count). The minimum atomic E-state index is -0.397. The second kappa shape index (κ2) is 9.93. The average molecular weight is 417 g/mol. The highest BCUT2D eigenvalue weighted by Crippen LogP contribution is 2.23. The second-order valence-electron chi connectivity index (χ2n) is 7.44. The Morgan fingerprint density at radius 1 is 1.03 bits per heavy atom. The zero-order chi connectivity index (χ0) is 21.4. The molecule has 0 atom stereocenters. The van der Waals surface area contributed by atoms with Gasteiger partial charge in [0.25, 0.3) is 5.91 Å². The Hall–Kier alpha value is -3.06. The minimum Gasteiger partial charge on any atom is -0.384 e. The molecule has 2 aromatic rings. The molecule has 0 bridgehead atoms. The van der Waals surface area contributed by atoms with Gasteiger partial charge >= 0.3 is 0 Å². The first-order valence-corrected chi connectivity index (χ1v) is 9.42. The second-order valence-corrected chi connectivity index (χ2v) is 7.84. The molecule has 0 aliphatic rings. The van der Waals surface area contributed by atoms with Crippen LogP contribution in [-0.4, -0.2) is 24.3 Å². The average Bonchev–Trinajstić information content (AvgIpc) is 2.63. The first kappa shape index (κ1) is 22.2. The fourth-order valence-electron chi connectivity index (χ4n) is 2.38. The van der Waals surface area contributed by atoms with Crippen LogP contribution in [0.2, 0.25) is 5.02 Å². The molecule has 2 aromatic carbocycles. The largest absolute Gasteiger partial charge is 0.384 e. The predicted octanol–water partition coefficient (Wildman–Crippen LogP) is 3.89. The quantitative estimate of drug-likeness (QED) is 0.361. The Morgan fingerprint density at radius 2 is 1.69 bits per heavy atom. The number of benzene rings is 2. The van der Waals surface area contributed by atoms with Gasteiger partial charge in [0.1, 0.15) is 5.84 Å². The monoisotopic (exact) mass is 416 g/mol. The van der Waals surface area contributed by atoms with E-state index in [1.165, 1.54) is 5.56 Å². The molecule has 154 valence electrons. The number of nitrogens with zero attached hydrogens (tertiary/aromatic N) is 1. The summed E-state index contributed by atoms with van der Waals surface area (Å²) in [5.74, 6) is -0.839. The molecular formula is C21H25ClN4O3. The van der Waals surface area contributed by atoms with Crippen molar-refractivity contribution in [1.82, 2.24) is 0 Å². The fraction of sp³-hybridized carbons (Fsp3) is 0.286. The molecule has 0 saturated heterocycles. The van der Waals surface area contributed by atoms with Crippen molar-refractivity contribution in [2.75, 3.05) is 17.2 Å². The van der Waals surface area contributed by atoms with Crippen molar-refractivity contribution in [2.45, 2.75) is 32.6 Å². The lowest BCUT2D eigenvalue weighted by atomic mass is 9.87. The molecule has 0 radical (unpaired) electrons. The maximum atomic E-state index is 11.9. The summed E-state index contributed by atoms with van der Waals surface area (Å²) < 4.78 is 0. The van der Waals surface area contributed by atoms with Gasteiger partial charge in [-0.2, -0.15) is 0 Å². The third-order valence-electron chi connectivity index (χ3n) is 3.90. The van der Waals surface area contributed by atoms with E-state index in [4.69, 9.17) is 22.2 Å². The van der Waals surface area contributed by atoms with Gasteiger partial charge in [-0.25, -0.2) is 0 Å². The Morgan fingerprint density at radius 3 is 2.31 bits per heavy atom. The van der Waals surface area contributed by atoms with Gasteiger partial charge in [-0.15, -0.1) is 0 Å². The van der Waals surface area contributed by atoms with Crippen LogP contribution in [0, 0.1) is 0 Å². The molecular weight excluding hydrogens is 392 g/mol. The van der Waals surface area contributed by atoms with Crippen LogP contribution in [0.3, 0.4) is 0 Å². The Balaban J connectivity index is 1.77. The van der Waals surface area contributed by atoms with Gasteiger partial charge in [0.15, 0.2) is 6.61 Å². The SMILES string of the molecule is CC(C)(C)c1ccc(NC(=O)CO/N=C(/N)CC(=O)Nc2ccccc2Cl)cc1. The summed E-state index contributed by atoms with van der Waals surface area (Å²) in [7, 11) is 0. The fourth-order valence-corrected chi connectivity index (χ4v) is 2.56. The highest BCUT2D eigenvalue weighted by molar-refractivity contribution is 6.33. The number of nitrogens with two attached hydrogens (primary N) is 1. The molecule has 0 unspecified atom stereocenters. The van der Waals surface area contributed by atoms with Crippen molar-refractivity contribution in [2.24, 2.45) is 10.9 Å². The van der Waals surface area contributed by atoms with E-state index >= 15 is 0 Å². The van der Waals surface area contributed by atoms with Crippen LogP contribution in [0.15, 0.2) is 53.7 Å². The minimum absolute atomic E-state index is 0.0377. The normalized spacial score (nSPS) is 11.7. The van der Waals surface area contributed by atoms with Gasteiger partial charge in [0, 0.05) is 5.69 Å². The smallest absolute Gasteiger partial charge is 0.265 e. The number of amidine groups is 1. The van der Waals surface area contributed by atoms with Crippen LogP contribution in [0.1, 0.15) is 32.8 Å². The number of para-hydroxylation sites is 1. The Bertz CT molecular complexity index is 890. The van der Waals surface area contributed by atoms with Gasteiger partial charge in [-0.3, -0.25) is 9.59 Å². The molecule has 7 nitrogen and oxygen atoms in total. The summed E-state index contributed by atoms with van der Waals surface area (Å²) >= 11 is 5.98.